The highest BCUT2D eigenvalue weighted by atomic mass is 35.5. The van der Waals surface area contributed by atoms with E-state index in [1.165, 1.54) is 12.1 Å². The number of anilines is 1. The van der Waals surface area contributed by atoms with Crippen LogP contribution in [0.25, 0.3) is 0 Å². The Hall–Kier alpha value is -2.07. The number of aliphatic carboxylic acids is 1. The van der Waals surface area contributed by atoms with Crippen molar-refractivity contribution < 1.29 is 14.3 Å². The van der Waals surface area contributed by atoms with Gasteiger partial charge >= 0.3 is 5.97 Å². The first-order valence-electron chi connectivity index (χ1n) is 6.57. The zero-order valence-corrected chi connectivity index (χ0v) is 11.8. The number of halogens is 2. The summed E-state index contributed by atoms with van der Waals surface area (Å²) in [6.45, 7) is 0.383. The molecule has 0 spiro atoms. The predicted octanol–water partition coefficient (Wildman–Crippen LogP) is 3.50. The Balaban J connectivity index is 1.94. The van der Waals surface area contributed by atoms with Crippen LogP contribution in [0.15, 0.2) is 42.5 Å². The summed E-state index contributed by atoms with van der Waals surface area (Å²) in [5, 5.41) is 9.45. The third-order valence-corrected chi connectivity index (χ3v) is 4.00. The van der Waals surface area contributed by atoms with E-state index in [4.69, 9.17) is 11.6 Å². The van der Waals surface area contributed by atoms with Gasteiger partial charge in [-0.1, -0.05) is 35.9 Å². The van der Waals surface area contributed by atoms with Crippen LogP contribution in [-0.2, 0) is 17.8 Å². The van der Waals surface area contributed by atoms with E-state index in [9.17, 15) is 14.3 Å². The highest BCUT2D eigenvalue weighted by Crippen LogP contribution is 2.33. The van der Waals surface area contributed by atoms with Gasteiger partial charge in [-0.2, -0.15) is 0 Å². The van der Waals surface area contributed by atoms with Crippen molar-refractivity contribution in [2.75, 3.05) is 4.90 Å². The van der Waals surface area contributed by atoms with Crippen LogP contribution < -0.4 is 4.90 Å². The van der Waals surface area contributed by atoms with Crippen molar-refractivity contribution in [3.05, 3.63) is 64.4 Å². The van der Waals surface area contributed by atoms with Crippen molar-refractivity contribution in [3.8, 4) is 0 Å². The second-order valence-corrected chi connectivity index (χ2v) is 5.47. The van der Waals surface area contributed by atoms with E-state index in [1.807, 2.05) is 29.2 Å². The monoisotopic (exact) mass is 305 g/mol. The molecule has 21 heavy (non-hydrogen) atoms. The number of para-hydroxylation sites is 1. The van der Waals surface area contributed by atoms with Crippen molar-refractivity contribution in [3.63, 3.8) is 0 Å². The lowest BCUT2D eigenvalue weighted by Crippen LogP contribution is -2.38. The van der Waals surface area contributed by atoms with Gasteiger partial charge in [0.15, 0.2) is 0 Å². The van der Waals surface area contributed by atoms with Gasteiger partial charge in [-0.3, -0.25) is 0 Å². The van der Waals surface area contributed by atoms with Gasteiger partial charge in [0.25, 0.3) is 0 Å². The lowest BCUT2D eigenvalue weighted by atomic mass is 10.1. The Morgan fingerprint density at radius 2 is 2.10 bits per heavy atom. The van der Waals surface area contributed by atoms with Crippen molar-refractivity contribution >= 4 is 23.3 Å². The Kier molecular flexibility index (Phi) is 3.55. The number of hydrogen-bond acceptors (Lipinski definition) is 2. The second-order valence-electron chi connectivity index (χ2n) is 5.06. The number of nitrogens with zero attached hydrogens (tertiary/aromatic N) is 1. The maximum Gasteiger partial charge on any atom is 0.326 e. The van der Waals surface area contributed by atoms with Crippen LogP contribution in [0.1, 0.15) is 11.1 Å². The van der Waals surface area contributed by atoms with Crippen LogP contribution in [-0.4, -0.2) is 17.1 Å². The van der Waals surface area contributed by atoms with Gasteiger partial charge in [-0.15, -0.1) is 0 Å². The SMILES string of the molecule is O=C(O)C1Cc2ccccc2N1Cc1ccc(F)c(Cl)c1. The molecule has 1 unspecified atom stereocenters. The van der Waals surface area contributed by atoms with Gasteiger partial charge in [0.05, 0.1) is 5.02 Å². The molecule has 1 atom stereocenters. The van der Waals surface area contributed by atoms with Gasteiger partial charge in [0, 0.05) is 18.7 Å². The fourth-order valence-corrected chi connectivity index (χ4v) is 2.90. The molecule has 2 aromatic rings. The number of hydrogen-bond donors (Lipinski definition) is 1. The molecular weight excluding hydrogens is 293 g/mol. The molecule has 0 saturated carbocycles. The van der Waals surface area contributed by atoms with Crippen LogP contribution in [0, 0.1) is 5.82 Å². The molecule has 3 nitrogen and oxygen atoms in total. The summed E-state index contributed by atoms with van der Waals surface area (Å²) in [6.07, 6.45) is 0.473. The van der Waals surface area contributed by atoms with Crippen molar-refractivity contribution in [2.45, 2.75) is 19.0 Å². The van der Waals surface area contributed by atoms with Gasteiger partial charge in [0.1, 0.15) is 11.9 Å². The summed E-state index contributed by atoms with van der Waals surface area (Å²) in [7, 11) is 0. The normalized spacial score (nSPS) is 16.9. The van der Waals surface area contributed by atoms with Gasteiger partial charge in [-0.25, -0.2) is 9.18 Å². The lowest BCUT2D eigenvalue weighted by molar-refractivity contribution is -0.138. The maximum absolute atomic E-state index is 13.2. The standard InChI is InChI=1S/C16H13ClFNO2/c17-12-7-10(5-6-13(12)18)9-19-14-4-2-1-3-11(14)8-15(19)16(20)21/h1-7,15H,8-9H2,(H,20,21). The van der Waals surface area contributed by atoms with Gasteiger partial charge in [-0.05, 0) is 29.3 Å². The Labute approximate surface area is 126 Å². The minimum absolute atomic E-state index is 0.0480. The molecule has 0 aliphatic carbocycles. The van der Waals surface area contributed by atoms with E-state index < -0.39 is 17.8 Å². The number of carboxylic acid groups (broad SMARTS) is 1. The van der Waals surface area contributed by atoms with E-state index in [2.05, 4.69) is 0 Å². The number of benzene rings is 2. The number of carbonyl (C=O) groups is 1. The highest BCUT2D eigenvalue weighted by molar-refractivity contribution is 6.30. The third kappa shape index (κ3) is 2.59. The summed E-state index contributed by atoms with van der Waals surface area (Å²) in [4.78, 5) is 13.3. The predicted molar refractivity (Wildman–Crippen MR) is 79.2 cm³/mol. The molecule has 1 aliphatic rings. The summed E-state index contributed by atoms with van der Waals surface area (Å²) >= 11 is 5.79. The minimum Gasteiger partial charge on any atom is -0.480 e. The topological polar surface area (TPSA) is 40.5 Å². The first-order valence-corrected chi connectivity index (χ1v) is 6.95. The van der Waals surface area contributed by atoms with E-state index in [0.29, 0.717) is 13.0 Å². The first kappa shape index (κ1) is 13.9. The molecule has 1 heterocycles. The molecule has 0 amide bonds. The van der Waals surface area contributed by atoms with Crippen LogP contribution in [0.3, 0.4) is 0 Å². The summed E-state index contributed by atoms with van der Waals surface area (Å²) in [5.41, 5.74) is 2.70. The summed E-state index contributed by atoms with van der Waals surface area (Å²) in [5.74, 6) is -1.34. The zero-order valence-electron chi connectivity index (χ0n) is 11.1. The molecule has 0 fully saturated rings. The minimum atomic E-state index is -0.862. The smallest absolute Gasteiger partial charge is 0.326 e. The zero-order chi connectivity index (χ0) is 15.0. The molecular formula is C16H13ClFNO2. The van der Waals surface area contributed by atoms with Crippen LogP contribution in [0.4, 0.5) is 10.1 Å². The lowest BCUT2D eigenvalue weighted by Gasteiger charge is -2.25. The van der Waals surface area contributed by atoms with E-state index >= 15 is 0 Å². The van der Waals surface area contributed by atoms with Gasteiger partial charge in [0.2, 0.25) is 0 Å². The molecule has 0 bridgehead atoms. The van der Waals surface area contributed by atoms with Crippen molar-refractivity contribution in [1.29, 1.82) is 0 Å². The molecule has 5 heteroatoms. The van der Waals surface area contributed by atoms with Crippen LogP contribution >= 0.6 is 11.6 Å². The Bertz CT molecular complexity index is 704. The van der Waals surface area contributed by atoms with Crippen molar-refractivity contribution in [1.82, 2.24) is 0 Å². The quantitative estimate of drug-likeness (QED) is 0.943. The third-order valence-electron chi connectivity index (χ3n) is 3.71. The molecule has 0 aromatic heterocycles. The van der Waals surface area contributed by atoms with Crippen LogP contribution in [0.2, 0.25) is 5.02 Å². The average molecular weight is 306 g/mol. The molecule has 2 aromatic carbocycles. The van der Waals surface area contributed by atoms with E-state index in [1.54, 1.807) is 6.07 Å². The second kappa shape index (κ2) is 5.37. The Morgan fingerprint density at radius 1 is 1.33 bits per heavy atom. The van der Waals surface area contributed by atoms with Crippen molar-refractivity contribution in [2.24, 2.45) is 0 Å². The molecule has 1 aliphatic heterocycles. The molecule has 3 rings (SSSR count). The highest BCUT2D eigenvalue weighted by Gasteiger charge is 2.34. The van der Waals surface area contributed by atoms with E-state index in [-0.39, 0.29) is 5.02 Å². The summed E-state index contributed by atoms with van der Waals surface area (Å²) < 4.78 is 13.2. The molecule has 108 valence electrons. The first-order chi connectivity index (χ1) is 10.1. The van der Waals surface area contributed by atoms with Crippen LogP contribution in [0.5, 0.6) is 0 Å². The average Bonchev–Trinajstić information content (AvgIpc) is 2.82. The number of rotatable bonds is 3. The molecule has 0 saturated heterocycles. The fraction of sp³-hybridized carbons (Fsp3) is 0.188. The molecule has 0 radical (unpaired) electrons. The van der Waals surface area contributed by atoms with Gasteiger partial charge < -0.3 is 10.0 Å². The number of carboxylic acids is 1. The Morgan fingerprint density at radius 3 is 2.81 bits per heavy atom. The number of fused-ring (bicyclic) bond motifs is 1. The summed E-state index contributed by atoms with van der Waals surface area (Å²) in [6, 6.07) is 11.5. The van der Waals surface area contributed by atoms with E-state index in [0.717, 1.165) is 16.8 Å². The fourth-order valence-electron chi connectivity index (χ4n) is 2.70. The maximum atomic E-state index is 13.2. The molecule has 1 N–H and O–H groups in total. The largest absolute Gasteiger partial charge is 0.480 e.